The van der Waals surface area contributed by atoms with Gasteiger partial charge in [0.2, 0.25) is 10.0 Å². The van der Waals surface area contributed by atoms with E-state index < -0.39 is 21.1 Å². The van der Waals surface area contributed by atoms with Crippen LogP contribution in [0.25, 0.3) is 0 Å². The van der Waals surface area contributed by atoms with Gasteiger partial charge < -0.3 is 5.73 Å². The monoisotopic (exact) mass is 266 g/mol. The van der Waals surface area contributed by atoms with Crippen LogP contribution < -0.4 is 10.5 Å². The van der Waals surface area contributed by atoms with E-state index in [1.54, 1.807) is 0 Å². The van der Waals surface area contributed by atoms with Gasteiger partial charge in [-0.1, -0.05) is 11.6 Å². The van der Waals surface area contributed by atoms with Crippen LogP contribution in [0.15, 0.2) is 18.2 Å². The lowest BCUT2D eigenvalue weighted by Crippen LogP contribution is -2.31. The van der Waals surface area contributed by atoms with Crippen LogP contribution in [-0.2, 0) is 10.0 Å². The molecule has 0 heterocycles. The molecule has 1 atom stereocenters. The van der Waals surface area contributed by atoms with Crippen LogP contribution in [-0.4, -0.2) is 20.2 Å². The molecule has 1 aromatic rings. The zero-order valence-corrected chi connectivity index (χ0v) is 10.1. The van der Waals surface area contributed by atoms with Crippen molar-refractivity contribution in [1.29, 1.82) is 0 Å². The highest BCUT2D eigenvalue weighted by Crippen LogP contribution is 2.20. The smallest absolute Gasteiger partial charge is 0.236 e. The molecule has 7 heteroatoms. The summed E-state index contributed by atoms with van der Waals surface area (Å²) < 4.78 is 38.6. The van der Waals surface area contributed by atoms with Crippen molar-refractivity contribution in [1.82, 2.24) is 0 Å². The molecule has 0 fully saturated rings. The lowest BCUT2D eigenvalue weighted by Gasteiger charge is -2.13. The SMILES string of the molecule is CC(CN)S(=O)(=O)Nc1ccc(Cl)cc1F. The Hall–Kier alpha value is -0.850. The number of rotatable bonds is 4. The van der Waals surface area contributed by atoms with Gasteiger partial charge in [0.05, 0.1) is 10.9 Å². The van der Waals surface area contributed by atoms with Crippen molar-refractivity contribution in [3.63, 3.8) is 0 Å². The summed E-state index contributed by atoms with van der Waals surface area (Å²) in [4.78, 5) is 0. The molecule has 0 aliphatic heterocycles. The largest absolute Gasteiger partial charge is 0.329 e. The number of nitrogens with two attached hydrogens (primary N) is 1. The molecule has 1 unspecified atom stereocenters. The first-order valence-corrected chi connectivity index (χ1v) is 6.46. The normalized spacial score (nSPS) is 13.5. The van der Waals surface area contributed by atoms with Crippen molar-refractivity contribution < 1.29 is 12.8 Å². The van der Waals surface area contributed by atoms with Crippen LogP contribution in [0, 0.1) is 5.82 Å². The number of benzene rings is 1. The maximum Gasteiger partial charge on any atom is 0.236 e. The highest BCUT2D eigenvalue weighted by Gasteiger charge is 2.20. The number of sulfonamides is 1. The maximum absolute atomic E-state index is 13.3. The quantitative estimate of drug-likeness (QED) is 0.869. The average Bonchev–Trinajstić information content (AvgIpc) is 2.21. The molecule has 0 aromatic heterocycles. The molecule has 4 nitrogen and oxygen atoms in total. The summed E-state index contributed by atoms with van der Waals surface area (Å²) in [6.45, 7) is 1.40. The van der Waals surface area contributed by atoms with E-state index in [1.165, 1.54) is 19.1 Å². The number of halogens is 2. The molecule has 0 saturated heterocycles. The number of anilines is 1. The van der Waals surface area contributed by atoms with E-state index in [1.807, 2.05) is 0 Å². The van der Waals surface area contributed by atoms with E-state index in [2.05, 4.69) is 4.72 Å². The van der Waals surface area contributed by atoms with Crippen LogP contribution in [0.4, 0.5) is 10.1 Å². The van der Waals surface area contributed by atoms with Crippen molar-refractivity contribution in [2.24, 2.45) is 5.73 Å². The van der Waals surface area contributed by atoms with Crippen molar-refractivity contribution in [3.05, 3.63) is 29.0 Å². The second-order valence-electron chi connectivity index (χ2n) is 3.32. The van der Waals surface area contributed by atoms with Gasteiger partial charge in [-0.3, -0.25) is 4.72 Å². The second kappa shape index (κ2) is 4.99. The van der Waals surface area contributed by atoms with Crippen LogP contribution in [0.1, 0.15) is 6.92 Å². The Morgan fingerprint density at radius 2 is 2.19 bits per heavy atom. The van der Waals surface area contributed by atoms with Crippen LogP contribution in [0.3, 0.4) is 0 Å². The van der Waals surface area contributed by atoms with E-state index in [-0.39, 0.29) is 17.3 Å². The predicted molar refractivity (Wildman–Crippen MR) is 62.5 cm³/mol. The van der Waals surface area contributed by atoms with Crippen LogP contribution in [0.5, 0.6) is 0 Å². The topological polar surface area (TPSA) is 72.2 Å². The summed E-state index contributed by atoms with van der Waals surface area (Å²) in [6, 6.07) is 3.70. The lowest BCUT2D eigenvalue weighted by atomic mass is 10.3. The molecule has 0 aliphatic rings. The number of hydrogen-bond acceptors (Lipinski definition) is 3. The first-order valence-electron chi connectivity index (χ1n) is 4.53. The first-order chi connectivity index (χ1) is 7.36. The van der Waals surface area contributed by atoms with Crippen LogP contribution >= 0.6 is 11.6 Å². The highest BCUT2D eigenvalue weighted by atomic mass is 35.5. The minimum atomic E-state index is -3.66. The predicted octanol–water partition coefficient (Wildman–Crippen LogP) is 1.57. The molecule has 0 amide bonds. The highest BCUT2D eigenvalue weighted by molar-refractivity contribution is 7.93. The van der Waals surface area contributed by atoms with Gasteiger partial charge >= 0.3 is 0 Å². The van der Waals surface area contributed by atoms with Gasteiger partial charge in [0, 0.05) is 11.6 Å². The first kappa shape index (κ1) is 13.2. The Morgan fingerprint density at radius 1 is 1.56 bits per heavy atom. The van der Waals surface area contributed by atoms with Crippen molar-refractivity contribution in [2.75, 3.05) is 11.3 Å². The van der Waals surface area contributed by atoms with Crippen molar-refractivity contribution in [2.45, 2.75) is 12.2 Å². The lowest BCUT2D eigenvalue weighted by molar-refractivity contribution is 0.587. The molecule has 0 saturated carbocycles. The Balaban J connectivity index is 2.97. The standard InChI is InChI=1S/C9H12ClFN2O2S/c1-6(5-12)16(14,15)13-9-3-2-7(10)4-8(9)11/h2-4,6,13H,5,12H2,1H3. The van der Waals surface area contributed by atoms with Crippen molar-refractivity contribution >= 4 is 27.3 Å². The van der Waals surface area contributed by atoms with Gasteiger partial charge in [0.1, 0.15) is 5.82 Å². The summed E-state index contributed by atoms with van der Waals surface area (Å²) >= 11 is 5.54. The zero-order chi connectivity index (χ0) is 12.3. The van der Waals surface area contributed by atoms with Crippen LogP contribution in [0.2, 0.25) is 5.02 Å². The summed E-state index contributed by atoms with van der Waals surface area (Å²) in [5, 5.41) is -0.588. The minimum absolute atomic E-state index is 0.0372. The number of nitrogens with one attached hydrogen (secondary N) is 1. The Bertz CT molecular complexity index is 478. The number of hydrogen-bond donors (Lipinski definition) is 2. The summed E-state index contributed by atoms with van der Waals surface area (Å²) in [5.41, 5.74) is 5.11. The molecule has 1 rings (SSSR count). The molecule has 3 N–H and O–H groups in total. The average molecular weight is 267 g/mol. The van der Waals surface area contributed by atoms with E-state index in [0.29, 0.717) is 0 Å². The van der Waals surface area contributed by atoms with Crippen molar-refractivity contribution in [3.8, 4) is 0 Å². The van der Waals surface area contributed by atoms with Gasteiger partial charge in [0.15, 0.2) is 0 Å². The Labute approximate surface area is 98.6 Å². The summed E-state index contributed by atoms with van der Waals surface area (Å²) in [7, 11) is -3.66. The fourth-order valence-corrected chi connectivity index (χ4v) is 2.04. The van der Waals surface area contributed by atoms with Gasteiger partial charge in [-0.15, -0.1) is 0 Å². The summed E-state index contributed by atoms with van der Waals surface area (Å²) in [5.74, 6) is -0.722. The maximum atomic E-state index is 13.3. The van der Waals surface area contributed by atoms with E-state index in [4.69, 9.17) is 17.3 Å². The molecule has 16 heavy (non-hydrogen) atoms. The fourth-order valence-electron chi connectivity index (χ4n) is 0.953. The van der Waals surface area contributed by atoms with Gasteiger partial charge in [-0.05, 0) is 25.1 Å². The second-order valence-corrected chi connectivity index (χ2v) is 5.85. The molecular formula is C9H12ClFN2O2S. The van der Waals surface area contributed by atoms with E-state index in [9.17, 15) is 12.8 Å². The third kappa shape index (κ3) is 3.07. The molecule has 0 aliphatic carbocycles. The molecule has 0 spiro atoms. The van der Waals surface area contributed by atoms with Gasteiger partial charge in [-0.25, -0.2) is 12.8 Å². The zero-order valence-electron chi connectivity index (χ0n) is 8.57. The van der Waals surface area contributed by atoms with E-state index in [0.717, 1.165) is 6.07 Å². The minimum Gasteiger partial charge on any atom is -0.329 e. The van der Waals surface area contributed by atoms with Gasteiger partial charge in [0.25, 0.3) is 0 Å². The van der Waals surface area contributed by atoms with E-state index >= 15 is 0 Å². The fraction of sp³-hybridized carbons (Fsp3) is 0.333. The van der Waals surface area contributed by atoms with Gasteiger partial charge in [-0.2, -0.15) is 0 Å². The summed E-state index contributed by atoms with van der Waals surface area (Å²) in [6.07, 6.45) is 0. The molecule has 0 radical (unpaired) electrons. The Kier molecular flexibility index (Phi) is 4.12. The molecular weight excluding hydrogens is 255 g/mol. The Morgan fingerprint density at radius 3 is 2.69 bits per heavy atom. The molecule has 90 valence electrons. The molecule has 1 aromatic carbocycles. The third-order valence-electron chi connectivity index (χ3n) is 2.04. The third-order valence-corrected chi connectivity index (χ3v) is 4.04. The molecule has 0 bridgehead atoms.